The molecule has 1 aromatic rings. The largest absolute Gasteiger partial charge is 0.399 e. The van der Waals surface area contributed by atoms with E-state index in [-0.39, 0.29) is 16.6 Å². The Morgan fingerprint density at radius 1 is 1.44 bits per heavy atom. The lowest BCUT2D eigenvalue weighted by Gasteiger charge is -2.31. The van der Waals surface area contributed by atoms with E-state index >= 15 is 0 Å². The van der Waals surface area contributed by atoms with Crippen molar-refractivity contribution < 1.29 is 12.8 Å². The lowest BCUT2D eigenvalue weighted by molar-refractivity contribution is 0.260. The van der Waals surface area contributed by atoms with E-state index in [0.717, 1.165) is 31.4 Å². The van der Waals surface area contributed by atoms with Crippen molar-refractivity contribution in [2.75, 3.05) is 5.73 Å². The van der Waals surface area contributed by atoms with Crippen LogP contribution in [0, 0.1) is 11.7 Å². The molecule has 4 nitrogen and oxygen atoms in total. The van der Waals surface area contributed by atoms with E-state index in [1.54, 1.807) is 0 Å². The molecule has 1 fully saturated rings. The average Bonchev–Trinajstić information content (AvgIpc) is 2.17. The van der Waals surface area contributed by atoms with Crippen LogP contribution in [0.3, 0.4) is 0 Å². The SMILES string of the molecule is CC(NS(=O)(=O)c1cc(N)ccc1F)C1CCC1. The second-order valence-electron chi connectivity index (χ2n) is 4.79. The number of halogens is 1. The summed E-state index contributed by atoms with van der Waals surface area (Å²) in [6, 6.07) is 3.37. The summed E-state index contributed by atoms with van der Waals surface area (Å²) in [6.45, 7) is 1.81. The highest BCUT2D eigenvalue weighted by molar-refractivity contribution is 7.89. The third-order valence-corrected chi connectivity index (χ3v) is 5.02. The maximum absolute atomic E-state index is 13.5. The standard InChI is InChI=1S/C12H17FN2O2S/c1-8(9-3-2-4-9)15-18(16,17)12-7-10(14)5-6-11(12)13/h5-9,15H,2-4,14H2,1H3. The first kappa shape index (κ1) is 13.3. The van der Waals surface area contributed by atoms with Crippen LogP contribution in [0.15, 0.2) is 23.1 Å². The van der Waals surface area contributed by atoms with E-state index in [2.05, 4.69) is 4.72 Å². The Hall–Kier alpha value is -1.14. The summed E-state index contributed by atoms with van der Waals surface area (Å²) in [6.07, 6.45) is 3.16. The summed E-state index contributed by atoms with van der Waals surface area (Å²) in [5, 5.41) is 0. The van der Waals surface area contributed by atoms with Gasteiger partial charge in [-0.2, -0.15) is 0 Å². The number of anilines is 1. The predicted octanol–water partition coefficient (Wildman–Crippen LogP) is 1.87. The van der Waals surface area contributed by atoms with Gasteiger partial charge in [-0.15, -0.1) is 0 Å². The van der Waals surface area contributed by atoms with Gasteiger partial charge in [0.05, 0.1) is 0 Å². The number of sulfonamides is 1. The van der Waals surface area contributed by atoms with Gasteiger partial charge in [0.2, 0.25) is 10.0 Å². The van der Waals surface area contributed by atoms with Crippen LogP contribution in [0.5, 0.6) is 0 Å². The van der Waals surface area contributed by atoms with Crippen molar-refractivity contribution in [2.24, 2.45) is 5.92 Å². The zero-order chi connectivity index (χ0) is 13.3. The molecule has 1 aliphatic carbocycles. The lowest BCUT2D eigenvalue weighted by atomic mass is 9.81. The molecule has 6 heteroatoms. The number of hydrogen-bond acceptors (Lipinski definition) is 3. The van der Waals surface area contributed by atoms with E-state index < -0.39 is 15.8 Å². The second kappa shape index (κ2) is 4.85. The summed E-state index contributed by atoms with van der Waals surface area (Å²) in [5.41, 5.74) is 5.72. The molecular formula is C12H17FN2O2S. The molecule has 0 saturated heterocycles. The fourth-order valence-electron chi connectivity index (χ4n) is 2.07. The molecule has 0 amide bonds. The van der Waals surface area contributed by atoms with Gasteiger partial charge in [-0.05, 0) is 43.9 Å². The molecule has 1 unspecified atom stereocenters. The summed E-state index contributed by atoms with van der Waals surface area (Å²) >= 11 is 0. The highest BCUT2D eigenvalue weighted by Crippen LogP contribution is 2.30. The molecule has 2 rings (SSSR count). The fourth-order valence-corrected chi connectivity index (χ4v) is 3.50. The molecule has 1 atom stereocenters. The van der Waals surface area contributed by atoms with Gasteiger partial charge in [0.1, 0.15) is 10.7 Å². The summed E-state index contributed by atoms with van der Waals surface area (Å²) in [5.74, 6) is -0.429. The van der Waals surface area contributed by atoms with Crippen molar-refractivity contribution in [3.8, 4) is 0 Å². The number of nitrogens with one attached hydrogen (secondary N) is 1. The normalized spacial score (nSPS) is 18.3. The van der Waals surface area contributed by atoms with Gasteiger partial charge in [0.25, 0.3) is 0 Å². The van der Waals surface area contributed by atoms with Gasteiger partial charge >= 0.3 is 0 Å². The van der Waals surface area contributed by atoms with Crippen LogP contribution in [0.25, 0.3) is 0 Å². The maximum Gasteiger partial charge on any atom is 0.243 e. The van der Waals surface area contributed by atoms with E-state index in [4.69, 9.17) is 5.73 Å². The molecule has 1 aliphatic rings. The summed E-state index contributed by atoms with van der Waals surface area (Å²) in [4.78, 5) is -0.381. The molecule has 0 bridgehead atoms. The van der Waals surface area contributed by atoms with Crippen molar-refractivity contribution >= 4 is 15.7 Å². The van der Waals surface area contributed by atoms with E-state index in [9.17, 15) is 12.8 Å². The Balaban J connectivity index is 2.21. The Morgan fingerprint density at radius 3 is 2.67 bits per heavy atom. The fraction of sp³-hybridized carbons (Fsp3) is 0.500. The Kier molecular flexibility index (Phi) is 3.59. The molecule has 100 valence electrons. The van der Waals surface area contributed by atoms with Gasteiger partial charge in [0.15, 0.2) is 0 Å². The van der Waals surface area contributed by atoms with Gasteiger partial charge in [0, 0.05) is 11.7 Å². The molecule has 1 aromatic carbocycles. The van der Waals surface area contributed by atoms with Crippen LogP contribution in [0.2, 0.25) is 0 Å². The van der Waals surface area contributed by atoms with Crippen LogP contribution in [-0.2, 0) is 10.0 Å². The Morgan fingerprint density at radius 2 is 2.11 bits per heavy atom. The number of rotatable bonds is 4. The van der Waals surface area contributed by atoms with Gasteiger partial charge in [-0.25, -0.2) is 17.5 Å². The van der Waals surface area contributed by atoms with Gasteiger partial charge in [-0.1, -0.05) is 6.42 Å². The van der Waals surface area contributed by atoms with Crippen molar-refractivity contribution in [3.63, 3.8) is 0 Å². The minimum absolute atomic E-state index is 0.176. The molecule has 18 heavy (non-hydrogen) atoms. The summed E-state index contributed by atoms with van der Waals surface area (Å²) in [7, 11) is -3.84. The predicted molar refractivity (Wildman–Crippen MR) is 67.9 cm³/mol. The van der Waals surface area contributed by atoms with Crippen molar-refractivity contribution in [2.45, 2.75) is 37.1 Å². The topological polar surface area (TPSA) is 72.2 Å². The molecule has 1 saturated carbocycles. The highest BCUT2D eigenvalue weighted by atomic mass is 32.2. The number of nitrogens with two attached hydrogens (primary N) is 1. The third-order valence-electron chi connectivity index (χ3n) is 3.44. The van der Waals surface area contributed by atoms with Crippen LogP contribution < -0.4 is 10.5 Å². The molecule has 0 spiro atoms. The zero-order valence-electron chi connectivity index (χ0n) is 10.2. The maximum atomic E-state index is 13.5. The Bertz CT molecular complexity index is 541. The number of nitrogen functional groups attached to an aromatic ring is 1. The molecule has 0 aromatic heterocycles. The molecule has 0 radical (unpaired) electrons. The van der Waals surface area contributed by atoms with Gasteiger partial charge in [-0.3, -0.25) is 0 Å². The number of hydrogen-bond donors (Lipinski definition) is 2. The monoisotopic (exact) mass is 272 g/mol. The minimum atomic E-state index is -3.84. The molecular weight excluding hydrogens is 255 g/mol. The first-order chi connectivity index (χ1) is 8.40. The van der Waals surface area contributed by atoms with Crippen LogP contribution >= 0.6 is 0 Å². The van der Waals surface area contributed by atoms with E-state index in [1.807, 2.05) is 6.92 Å². The van der Waals surface area contributed by atoms with Crippen LogP contribution in [0.1, 0.15) is 26.2 Å². The van der Waals surface area contributed by atoms with E-state index in [1.165, 1.54) is 6.07 Å². The zero-order valence-corrected chi connectivity index (χ0v) is 11.0. The first-order valence-electron chi connectivity index (χ1n) is 5.97. The highest BCUT2D eigenvalue weighted by Gasteiger charge is 2.29. The van der Waals surface area contributed by atoms with Crippen molar-refractivity contribution in [1.82, 2.24) is 4.72 Å². The minimum Gasteiger partial charge on any atom is -0.399 e. The van der Waals surface area contributed by atoms with Crippen molar-refractivity contribution in [1.29, 1.82) is 0 Å². The smallest absolute Gasteiger partial charge is 0.243 e. The lowest BCUT2D eigenvalue weighted by Crippen LogP contribution is -2.40. The van der Waals surface area contributed by atoms with Crippen molar-refractivity contribution in [3.05, 3.63) is 24.0 Å². The number of benzene rings is 1. The molecule has 3 N–H and O–H groups in total. The second-order valence-corrected chi connectivity index (χ2v) is 6.47. The van der Waals surface area contributed by atoms with Crippen LogP contribution in [-0.4, -0.2) is 14.5 Å². The quantitative estimate of drug-likeness (QED) is 0.822. The Labute approximate surface area is 106 Å². The molecule has 0 heterocycles. The van der Waals surface area contributed by atoms with Crippen LogP contribution in [0.4, 0.5) is 10.1 Å². The first-order valence-corrected chi connectivity index (χ1v) is 7.46. The summed E-state index contributed by atoms with van der Waals surface area (Å²) < 4.78 is 40.2. The van der Waals surface area contributed by atoms with E-state index in [0.29, 0.717) is 5.92 Å². The average molecular weight is 272 g/mol. The molecule has 0 aliphatic heterocycles. The third kappa shape index (κ3) is 2.64. The van der Waals surface area contributed by atoms with Gasteiger partial charge < -0.3 is 5.73 Å².